The van der Waals surface area contributed by atoms with E-state index in [9.17, 15) is 14.3 Å². The van der Waals surface area contributed by atoms with E-state index < -0.39 is 12.1 Å². The highest BCUT2D eigenvalue weighted by atomic mass is 19.1. The molecular weight excluding hydrogens is 391 g/mol. The lowest BCUT2D eigenvalue weighted by Crippen LogP contribution is -2.60. The van der Waals surface area contributed by atoms with Crippen LogP contribution in [0.15, 0.2) is 0 Å². The van der Waals surface area contributed by atoms with Crippen LogP contribution in [-0.4, -0.2) is 47.9 Å². The zero-order valence-electron chi connectivity index (χ0n) is 20.0. The van der Waals surface area contributed by atoms with E-state index in [1.54, 1.807) is 0 Å². The molecule has 3 aliphatic rings. The SMILES string of the molecule is CCCCCCCCC1CCC2NC(N(C)CC(=O)O)CC(C3CCC(F)CC3)C2C1. The van der Waals surface area contributed by atoms with Crippen LogP contribution >= 0.6 is 0 Å². The molecule has 5 unspecified atom stereocenters. The molecule has 2 saturated carbocycles. The molecule has 2 N–H and O–H groups in total. The first-order valence-electron chi connectivity index (χ1n) is 13.3. The molecule has 3 rings (SSSR count). The summed E-state index contributed by atoms with van der Waals surface area (Å²) >= 11 is 0. The number of likely N-dealkylation sites (N-methyl/N-ethyl adjacent to an activating group) is 1. The fourth-order valence-electron chi connectivity index (χ4n) is 6.88. The summed E-state index contributed by atoms with van der Waals surface area (Å²) in [6, 6.07) is 0.504. The van der Waals surface area contributed by atoms with Gasteiger partial charge >= 0.3 is 5.97 Å². The third kappa shape index (κ3) is 7.42. The molecule has 1 aliphatic heterocycles. The number of halogens is 1. The van der Waals surface area contributed by atoms with Crippen LogP contribution in [0.3, 0.4) is 0 Å². The summed E-state index contributed by atoms with van der Waals surface area (Å²) in [5, 5.41) is 13.1. The predicted octanol–water partition coefficient (Wildman–Crippen LogP) is 6.00. The van der Waals surface area contributed by atoms with Gasteiger partial charge in [0.1, 0.15) is 6.17 Å². The van der Waals surface area contributed by atoms with Crippen LogP contribution in [0.1, 0.15) is 103 Å². The zero-order valence-corrected chi connectivity index (χ0v) is 20.0. The monoisotopic (exact) mass is 438 g/mol. The molecule has 4 nitrogen and oxygen atoms in total. The Morgan fingerprint density at radius 1 is 0.968 bits per heavy atom. The third-order valence-corrected chi connectivity index (χ3v) is 8.65. The second-order valence-corrected chi connectivity index (χ2v) is 10.9. The smallest absolute Gasteiger partial charge is 0.317 e. The Morgan fingerprint density at radius 2 is 1.68 bits per heavy atom. The van der Waals surface area contributed by atoms with E-state index in [0.29, 0.717) is 23.8 Å². The van der Waals surface area contributed by atoms with Gasteiger partial charge in [-0.3, -0.25) is 15.0 Å². The number of nitrogens with zero attached hydrogens (tertiary/aromatic N) is 1. The molecule has 0 amide bonds. The van der Waals surface area contributed by atoms with Gasteiger partial charge in [0.05, 0.1) is 12.7 Å². The van der Waals surface area contributed by atoms with Gasteiger partial charge in [-0.25, -0.2) is 4.39 Å². The highest BCUT2D eigenvalue weighted by molar-refractivity contribution is 5.69. The maximum atomic E-state index is 13.8. The minimum atomic E-state index is -0.761. The number of carbonyl (C=O) groups is 1. The summed E-state index contributed by atoms with van der Waals surface area (Å²) in [4.78, 5) is 13.3. The summed E-state index contributed by atoms with van der Waals surface area (Å²) in [6.45, 7) is 2.36. The standard InChI is InChI=1S/C26H47FN2O2/c1-3-4-5-6-7-8-9-19-10-15-24-23(16-19)22(20-11-13-21(27)14-12-20)17-25(28-24)29(2)18-26(30)31/h19-25,28H,3-18H2,1-2H3,(H,30,31). The first-order chi connectivity index (χ1) is 15.0. The number of alkyl halides is 1. The van der Waals surface area contributed by atoms with Gasteiger partial charge in [0.15, 0.2) is 0 Å². The largest absolute Gasteiger partial charge is 0.480 e. The minimum Gasteiger partial charge on any atom is -0.480 e. The van der Waals surface area contributed by atoms with Crippen molar-refractivity contribution < 1.29 is 14.3 Å². The van der Waals surface area contributed by atoms with Crippen molar-refractivity contribution in [3.8, 4) is 0 Å². The third-order valence-electron chi connectivity index (χ3n) is 8.65. The van der Waals surface area contributed by atoms with Crippen LogP contribution in [0.5, 0.6) is 0 Å². The molecule has 180 valence electrons. The van der Waals surface area contributed by atoms with Gasteiger partial charge in [-0.05, 0) is 82.1 Å². The Bertz CT molecular complexity index is 538. The van der Waals surface area contributed by atoms with Crippen molar-refractivity contribution in [2.24, 2.45) is 23.7 Å². The van der Waals surface area contributed by atoms with Crippen molar-refractivity contribution in [2.75, 3.05) is 13.6 Å². The lowest BCUT2D eigenvalue weighted by molar-refractivity contribution is -0.139. The van der Waals surface area contributed by atoms with Crippen molar-refractivity contribution in [2.45, 2.75) is 122 Å². The molecule has 5 heteroatoms. The average Bonchev–Trinajstić information content (AvgIpc) is 2.75. The second-order valence-electron chi connectivity index (χ2n) is 10.9. The number of unbranched alkanes of at least 4 members (excludes halogenated alkanes) is 5. The Balaban J connectivity index is 1.58. The maximum absolute atomic E-state index is 13.8. The first kappa shape index (κ1) is 25.0. The lowest BCUT2D eigenvalue weighted by atomic mass is 9.62. The van der Waals surface area contributed by atoms with Crippen LogP contribution in [0.25, 0.3) is 0 Å². The van der Waals surface area contributed by atoms with E-state index >= 15 is 0 Å². The maximum Gasteiger partial charge on any atom is 0.317 e. The number of fused-ring (bicyclic) bond motifs is 1. The Labute approximate surface area is 189 Å². The summed E-state index contributed by atoms with van der Waals surface area (Å²) in [5.74, 6) is 2.02. The number of piperidine rings is 1. The van der Waals surface area contributed by atoms with Gasteiger partial charge < -0.3 is 5.11 Å². The van der Waals surface area contributed by atoms with Crippen molar-refractivity contribution in [3.05, 3.63) is 0 Å². The normalized spacial score (nSPS) is 36.3. The molecule has 0 radical (unpaired) electrons. The highest BCUT2D eigenvalue weighted by Crippen LogP contribution is 2.47. The van der Waals surface area contributed by atoms with Crippen LogP contribution in [0.2, 0.25) is 0 Å². The molecule has 0 aromatic rings. The number of rotatable bonds is 11. The highest BCUT2D eigenvalue weighted by Gasteiger charge is 2.45. The topological polar surface area (TPSA) is 52.6 Å². The quantitative estimate of drug-likeness (QED) is 0.388. The molecule has 2 aliphatic carbocycles. The Kier molecular flexibility index (Phi) is 10.1. The Morgan fingerprint density at radius 3 is 2.39 bits per heavy atom. The van der Waals surface area contributed by atoms with Crippen LogP contribution < -0.4 is 5.32 Å². The number of carboxylic acid groups (broad SMARTS) is 1. The van der Waals surface area contributed by atoms with Crippen LogP contribution in [0.4, 0.5) is 4.39 Å². The summed E-state index contributed by atoms with van der Waals surface area (Å²) < 4.78 is 13.8. The molecule has 31 heavy (non-hydrogen) atoms. The predicted molar refractivity (Wildman–Crippen MR) is 125 cm³/mol. The molecular formula is C26H47FN2O2. The number of nitrogens with one attached hydrogen (secondary N) is 1. The van der Waals surface area contributed by atoms with E-state index in [1.807, 2.05) is 11.9 Å². The molecule has 0 aromatic heterocycles. The number of carboxylic acids is 1. The van der Waals surface area contributed by atoms with Crippen LogP contribution in [0, 0.1) is 23.7 Å². The fraction of sp³-hybridized carbons (Fsp3) is 0.962. The van der Waals surface area contributed by atoms with Crippen molar-refractivity contribution in [1.82, 2.24) is 10.2 Å². The fourth-order valence-corrected chi connectivity index (χ4v) is 6.88. The zero-order chi connectivity index (χ0) is 22.2. The van der Waals surface area contributed by atoms with Crippen LogP contribution in [-0.2, 0) is 4.79 Å². The molecule has 3 fully saturated rings. The molecule has 0 aromatic carbocycles. The molecule has 0 spiro atoms. The van der Waals surface area contributed by atoms with Crippen molar-refractivity contribution in [1.29, 1.82) is 0 Å². The average molecular weight is 439 g/mol. The van der Waals surface area contributed by atoms with Crippen molar-refractivity contribution >= 4 is 5.97 Å². The second kappa shape index (κ2) is 12.5. The van der Waals surface area contributed by atoms with Gasteiger partial charge in [0.2, 0.25) is 0 Å². The molecule has 0 bridgehead atoms. The van der Waals surface area contributed by atoms with E-state index in [2.05, 4.69) is 12.2 Å². The Hall–Kier alpha value is -0.680. The van der Waals surface area contributed by atoms with Gasteiger partial charge in [-0.2, -0.15) is 0 Å². The summed E-state index contributed by atoms with van der Waals surface area (Å²) in [7, 11) is 1.94. The first-order valence-corrected chi connectivity index (χ1v) is 13.3. The van der Waals surface area contributed by atoms with Gasteiger partial charge in [-0.1, -0.05) is 51.9 Å². The van der Waals surface area contributed by atoms with Gasteiger partial charge in [0.25, 0.3) is 0 Å². The number of hydrogen-bond acceptors (Lipinski definition) is 3. The van der Waals surface area contributed by atoms with E-state index in [4.69, 9.17) is 0 Å². The summed E-state index contributed by atoms with van der Waals surface area (Å²) in [5.41, 5.74) is 0. The summed E-state index contributed by atoms with van der Waals surface area (Å²) in [6.07, 6.45) is 17.5. The molecule has 1 saturated heterocycles. The number of hydrogen-bond donors (Lipinski definition) is 2. The number of aliphatic carboxylic acids is 1. The van der Waals surface area contributed by atoms with Gasteiger partial charge in [0, 0.05) is 6.04 Å². The van der Waals surface area contributed by atoms with E-state index in [-0.39, 0.29) is 12.7 Å². The molecule has 5 atom stereocenters. The van der Waals surface area contributed by atoms with E-state index in [1.165, 1.54) is 64.2 Å². The van der Waals surface area contributed by atoms with Crippen molar-refractivity contribution in [3.63, 3.8) is 0 Å². The molecule has 1 heterocycles. The van der Waals surface area contributed by atoms with Gasteiger partial charge in [-0.15, -0.1) is 0 Å². The van der Waals surface area contributed by atoms with E-state index in [0.717, 1.165) is 38.0 Å². The minimum absolute atomic E-state index is 0.0830. The lowest BCUT2D eigenvalue weighted by Gasteiger charge is -2.52.